The van der Waals surface area contributed by atoms with Gasteiger partial charge < -0.3 is 19.8 Å². The van der Waals surface area contributed by atoms with Gasteiger partial charge in [0.25, 0.3) is 5.91 Å². The summed E-state index contributed by atoms with van der Waals surface area (Å²) in [4.78, 5) is 26.1. The Hall–Kier alpha value is -4.84. The van der Waals surface area contributed by atoms with Gasteiger partial charge in [0.05, 0.1) is 13.5 Å². The fourth-order valence-electron chi connectivity index (χ4n) is 4.03. The summed E-state index contributed by atoms with van der Waals surface area (Å²) >= 11 is 0. The quantitative estimate of drug-likeness (QED) is 0.279. The first-order valence-electron chi connectivity index (χ1n) is 11.5. The predicted octanol–water partition coefficient (Wildman–Crippen LogP) is 6.54. The molecular formula is C30H24N2O4. The summed E-state index contributed by atoms with van der Waals surface area (Å²) < 4.78 is 11.1. The second kappa shape index (κ2) is 10.2. The van der Waals surface area contributed by atoms with Crippen LogP contribution in [0.2, 0.25) is 0 Å². The van der Waals surface area contributed by atoms with Crippen molar-refractivity contribution in [3.05, 3.63) is 114 Å². The Morgan fingerprint density at radius 1 is 0.778 bits per heavy atom. The number of methoxy groups -OCH3 is 1. The van der Waals surface area contributed by atoms with E-state index in [0.29, 0.717) is 28.1 Å². The number of hydrogen-bond donors (Lipinski definition) is 2. The van der Waals surface area contributed by atoms with Crippen LogP contribution in [0, 0.1) is 0 Å². The van der Waals surface area contributed by atoms with Gasteiger partial charge in [0.15, 0.2) is 0 Å². The number of hydrogen-bond acceptors (Lipinski definition) is 4. The Morgan fingerprint density at radius 2 is 1.50 bits per heavy atom. The number of rotatable bonds is 7. The molecule has 6 heteroatoms. The van der Waals surface area contributed by atoms with E-state index >= 15 is 0 Å². The predicted molar refractivity (Wildman–Crippen MR) is 141 cm³/mol. The van der Waals surface area contributed by atoms with Crippen molar-refractivity contribution in [1.82, 2.24) is 0 Å². The number of anilines is 2. The van der Waals surface area contributed by atoms with E-state index in [1.54, 1.807) is 37.4 Å². The van der Waals surface area contributed by atoms with E-state index < -0.39 is 5.91 Å². The van der Waals surface area contributed by atoms with Gasteiger partial charge in [-0.15, -0.1) is 0 Å². The maximum Gasteiger partial charge on any atom is 0.293 e. The number of carbonyl (C=O) groups is 2. The molecule has 0 aliphatic heterocycles. The summed E-state index contributed by atoms with van der Waals surface area (Å²) in [7, 11) is 1.56. The molecule has 2 N–H and O–H groups in total. The average molecular weight is 477 g/mol. The number of fused-ring (bicyclic) bond motifs is 1. The third kappa shape index (κ3) is 4.98. The summed E-state index contributed by atoms with van der Waals surface area (Å²) in [6.07, 6.45) is 0.158. The van der Waals surface area contributed by atoms with Crippen LogP contribution in [-0.4, -0.2) is 18.9 Å². The second-order valence-electron chi connectivity index (χ2n) is 8.28. The van der Waals surface area contributed by atoms with Crippen molar-refractivity contribution >= 4 is 34.2 Å². The summed E-state index contributed by atoms with van der Waals surface area (Å²) in [5.74, 6) is -0.0672. The third-order valence-electron chi connectivity index (χ3n) is 5.82. The molecular weight excluding hydrogens is 452 g/mol. The highest BCUT2D eigenvalue weighted by Gasteiger charge is 2.22. The molecule has 0 spiro atoms. The normalized spacial score (nSPS) is 10.7. The van der Waals surface area contributed by atoms with E-state index in [-0.39, 0.29) is 18.1 Å². The molecule has 4 aromatic carbocycles. The molecule has 6 nitrogen and oxygen atoms in total. The van der Waals surface area contributed by atoms with Crippen LogP contribution in [0.4, 0.5) is 11.4 Å². The van der Waals surface area contributed by atoms with E-state index in [1.807, 2.05) is 72.8 Å². The maximum atomic E-state index is 13.1. The molecule has 2 amide bonds. The van der Waals surface area contributed by atoms with E-state index in [4.69, 9.17) is 9.15 Å². The Bertz CT molecular complexity index is 1520. The van der Waals surface area contributed by atoms with Crippen LogP contribution in [0.25, 0.3) is 22.1 Å². The van der Waals surface area contributed by atoms with Crippen molar-refractivity contribution < 1.29 is 18.7 Å². The van der Waals surface area contributed by atoms with E-state index in [2.05, 4.69) is 10.6 Å². The first-order valence-corrected chi connectivity index (χ1v) is 11.5. The number of furan rings is 1. The largest absolute Gasteiger partial charge is 0.497 e. The highest BCUT2D eigenvalue weighted by molar-refractivity contribution is 6.14. The van der Waals surface area contributed by atoms with Crippen LogP contribution < -0.4 is 15.4 Å². The van der Waals surface area contributed by atoms with Crippen LogP contribution in [0.5, 0.6) is 5.75 Å². The molecule has 0 saturated heterocycles. The average Bonchev–Trinajstić information content (AvgIpc) is 3.28. The van der Waals surface area contributed by atoms with Gasteiger partial charge in [0, 0.05) is 17.1 Å². The van der Waals surface area contributed by atoms with Crippen molar-refractivity contribution in [1.29, 1.82) is 0 Å². The number of benzene rings is 4. The molecule has 0 fully saturated rings. The lowest BCUT2D eigenvalue weighted by Gasteiger charge is -2.09. The Morgan fingerprint density at radius 3 is 2.28 bits per heavy atom. The van der Waals surface area contributed by atoms with Gasteiger partial charge in [0.1, 0.15) is 17.0 Å². The molecule has 178 valence electrons. The molecule has 36 heavy (non-hydrogen) atoms. The zero-order valence-corrected chi connectivity index (χ0v) is 19.7. The van der Waals surface area contributed by atoms with Crippen LogP contribution in [-0.2, 0) is 11.2 Å². The van der Waals surface area contributed by atoms with E-state index in [1.165, 1.54) is 0 Å². The summed E-state index contributed by atoms with van der Waals surface area (Å²) in [5, 5.41) is 6.37. The zero-order chi connectivity index (χ0) is 24.9. The molecule has 5 aromatic rings. The van der Waals surface area contributed by atoms with Gasteiger partial charge >= 0.3 is 0 Å². The topological polar surface area (TPSA) is 80.6 Å². The molecule has 0 saturated carbocycles. The summed E-state index contributed by atoms with van der Waals surface area (Å²) in [6, 6.07) is 32.2. The van der Waals surface area contributed by atoms with Crippen molar-refractivity contribution in [2.45, 2.75) is 6.42 Å². The number of carbonyl (C=O) groups excluding carboxylic acids is 2. The van der Waals surface area contributed by atoms with Gasteiger partial charge in [-0.1, -0.05) is 72.8 Å². The van der Waals surface area contributed by atoms with Crippen LogP contribution in [0.3, 0.4) is 0 Å². The van der Waals surface area contributed by atoms with Crippen LogP contribution in [0.15, 0.2) is 108 Å². The van der Waals surface area contributed by atoms with Gasteiger partial charge in [-0.25, -0.2) is 0 Å². The lowest BCUT2D eigenvalue weighted by Crippen LogP contribution is -2.18. The van der Waals surface area contributed by atoms with Crippen LogP contribution >= 0.6 is 0 Å². The van der Waals surface area contributed by atoms with Gasteiger partial charge in [-0.3, -0.25) is 9.59 Å². The minimum Gasteiger partial charge on any atom is -0.497 e. The molecule has 0 aliphatic carbocycles. The molecule has 0 aliphatic rings. The Balaban J connectivity index is 1.36. The summed E-state index contributed by atoms with van der Waals surface area (Å²) in [6.45, 7) is 0. The molecule has 0 radical (unpaired) electrons. The highest BCUT2D eigenvalue weighted by Crippen LogP contribution is 2.32. The molecule has 1 heterocycles. The fraction of sp³-hybridized carbons (Fsp3) is 0.0667. The lowest BCUT2D eigenvalue weighted by atomic mass is 10.0. The van der Waals surface area contributed by atoms with Gasteiger partial charge in [-0.05, 0) is 41.0 Å². The Kier molecular flexibility index (Phi) is 6.49. The van der Waals surface area contributed by atoms with E-state index in [0.717, 1.165) is 16.7 Å². The first-order chi connectivity index (χ1) is 17.6. The van der Waals surface area contributed by atoms with Gasteiger partial charge in [-0.2, -0.15) is 0 Å². The minimum atomic E-state index is -0.470. The van der Waals surface area contributed by atoms with Gasteiger partial charge in [0.2, 0.25) is 11.7 Å². The third-order valence-corrected chi connectivity index (χ3v) is 5.82. The smallest absolute Gasteiger partial charge is 0.293 e. The highest BCUT2D eigenvalue weighted by atomic mass is 16.5. The number of ether oxygens (including phenoxy) is 1. The molecule has 1 aromatic heterocycles. The Labute approximate surface area is 208 Å². The fourth-order valence-corrected chi connectivity index (χ4v) is 4.03. The van der Waals surface area contributed by atoms with Crippen molar-refractivity contribution in [2.24, 2.45) is 0 Å². The number of amides is 2. The summed E-state index contributed by atoms with van der Waals surface area (Å²) in [5.41, 5.74) is 4.47. The molecule has 5 rings (SSSR count). The maximum absolute atomic E-state index is 13.1. The van der Waals surface area contributed by atoms with Crippen molar-refractivity contribution in [3.63, 3.8) is 0 Å². The molecule has 0 atom stereocenters. The molecule has 0 unspecified atom stereocenters. The number of nitrogens with one attached hydrogen (secondary N) is 2. The van der Waals surface area contributed by atoms with Crippen molar-refractivity contribution in [3.8, 4) is 16.9 Å². The van der Waals surface area contributed by atoms with Crippen molar-refractivity contribution in [2.75, 3.05) is 17.7 Å². The number of para-hydroxylation sites is 1. The standard InChI is InChI=1S/C30H24N2O4/c1-35-24-11-7-10-23(19-24)31-30(34)29-28(25-12-5-6-13-26(25)36-29)32-27(33)18-20-14-16-22(17-15-20)21-8-3-2-4-9-21/h2-17,19H,18H2,1H3,(H,31,34)(H,32,33). The van der Waals surface area contributed by atoms with E-state index in [9.17, 15) is 9.59 Å². The second-order valence-corrected chi connectivity index (χ2v) is 8.28. The monoisotopic (exact) mass is 476 g/mol. The minimum absolute atomic E-state index is 0.0341. The molecule has 0 bridgehead atoms. The lowest BCUT2D eigenvalue weighted by molar-refractivity contribution is -0.115. The SMILES string of the molecule is COc1cccc(NC(=O)c2oc3ccccc3c2NC(=O)Cc2ccc(-c3ccccc3)cc2)c1. The van der Waals surface area contributed by atoms with Crippen LogP contribution in [0.1, 0.15) is 16.1 Å². The first kappa shape index (κ1) is 22.9. The zero-order valence-electron chi connectivity index (χ0n) is 19.7.